The quantitative estimate of drug-likeness (QED) is 0.693. The molecule has 0 spiro atoms. The molecular formula is C17H21BrN2O4. The molecule has 1 unspecified atom stereocenters. The van der Waals surface area contributed by atoms with Crippen LogP contribution in [0.4, 0.5) is 5.69 Å². The molecule has 2 amide bonds. The van der Waals surface area contributed by atoms with E-state index in [0.717, 1.165) is 16.6 Å². The molecule has 2 atom stereocenters. The number of halogens is 1. The molecule has 1 aliphatic rings. The summed E-state index contributed by atoms with van der Waals surface area (Å²) in [7, 11) is 0. The lowest BCUT2D eigenvalue weighted by atomic mass is 10.1. The fraction of sp³-hybridized carbons (Fsp3) is 0.471. The SMILES string of the molecule is CCCC[C@H](NC(=O)C1CCN(c2cccc(Br)c2)C1=O)C(=O)O. The Labute approximate surface area is 149 Å². The van der Waals surface area contributed by atoms with E-state index in [-0.39, 0.29) is 5.91 Å². The van der Waals surface area contributed by atoms with Crippen molar-refractivity contribution in [3.8, 4) is 0 Å². The van der Waals surface area contributed by atoms with E-state index in [4.69, 9.17) is 0 Å². The topological polar surface area (TPSA) is 86.7 Å². The van der Waals surface area contributed by atoms with Crippen molar-refractivity contribution in [2.45, 2.75) is 38.6 Å². The van der Waals surface area contributed by atoms with Gasteiger partial charge in [0.25, 0.3) is 0 Å². The van der Waals surface area contributed by atoms with Crippen LogP contribution in [-0.4, -0.2) is 35.5 Å². The van der Waals surface area contributed by atoms with Crippen molar-refractivity contribution in [2.75, 3.05) is 11.4 Å². The van der Waals surface area contributed by atoms with E-state index >= 15 is 0 Å². The first-order chi connectivity index (χ1) is 11.4. The maximum absolute atomic E-state index is 12.5. The Kier molecular flexibility index (Phi) is 6.36. The molecule has 1 fully saturated rings. The minimum absolute atomic E-state index is 0.287. The van der Waals surface area contributed by atoms with Gasteiger partial charge >= 0.3 is 5.97 Å². The highest BCUT2D eigenvalue weighted by Gasteiger charge is 2.38. The monoisotopic (exact) mass is 396 g/mol. The van der Waals surface area contributed by atoms with Crippen molar-refractivity contribution in [1.82, 2.24) is 5.32 Å². The summed E-state index contributed by atoms with van der Waals surface area (Å²) in [5.41, 5.74) is 0.727. The summed E-state index contributed by atoms with van der Waals surface area (Å²) in [6, 6.07) is 6.37. The second-order valence-corrected chi connectivity index (χ2v) is 6.77. The lowest BCUT2D eigenvalue weighted by molar-refractivity contribution is -0.143. The molecule has 1 aromatic carbocycles. The molecule has 130 valence electrons. The molecule has 7 heteroatoms. The summed E-state index contributed by atoms with van der Waals surface area (Å²) >= 11 is 3.36. The Bertz CT molecular complexity index is 635. The van der Waals surface area contributed by atoms with Crippen molar-refractivity contribution in [3.63, 3.8) is 0 Å². The number of amides is 2. The van der Waals surface area contributed by atoms with Gasteiger partial charge in [-0.2, -0.15) is 0 Å². The Morgan fingerprint density at radius 1 is 1.46 bits per heavy atom. The van der Waals surface area contributed by atoms with Crippen LogP contribution >= 0.6 is 15.9 Å². The van der Waals surface area contributed by atoms with Crippen molar-refractivity contribution < 1.29 is 19.5 Å². The summed E-state index contributed by atoms with van der Waals surface area (Å²) < 4.78 is 0.853. The van der Waals surface area contributed by atoms with Crippen molar-refractivity contribution in [1.29, 1.82) is 0 Å². The summed E-state index contributed by atoms with van der Waals surface area (Å²) in [6.45, 7) is 2.40. The average Bonchev–Trinajstić information content (AvgIpc) is 2.92. The normalized spacial score (nSPS) is 18.5. The van der Waals surface area contributed by atoms with E-state index < -0.39 is 23.8 Å². The molecule has 1 saturated heterocycles. The Morgan fingerprint density at radius 3 is 2.83 bits per heavy atom. The van der Waals surface area contributed by atoms with Crippen LogP contribution in [0.25, 0.3) is 0 Å². The number of benzene rings is 1. The van der Waals surface area contributed by atoms with Crippen LogP contribution in [0.2, 0.25) is 0 Å². The molecule has 1 aromatic rings. The highest BCUT2D eigenvalue weighted by atomic mass is 79.9. The van der Waals surface area contributed by atoms with E-state index in [2.05, 4.69) is 21.2 Å². The van der Waals surface area contributed by atoms with Crippen LogP contribution in [0.15, 0.2) is 28.7 Å². The minimum Gasteiger partial charge on any atom is -0.480 e. The van der Waals surface area contributed by atoms with Gasteiger partial charge < -0.3 is 15.3 Å². The van der Waals surface area contributed by atoms with Gasteiger partial charge in [-0.15, -0.1) is 0 Å². The average molecular weight is 397 g/mol. The van der Waals surface area contributed by atoms with Crippen LogP contribution in [0.1, 0.15) is 32.6 Å². The zero-order valence-corrected chi connectivity index (χ0v) is 15.1. The van der Waals surface area contributed by atoms with E-state index in [1.165, 1.54) is 0 Å². The van der Waals surface area contributed by atoms with Gasteiger partial charge in [0.05, 0.1) is 0 Å². The van der Waals surface area contributed by atoms with Gasteiger partial charge in [0.1, 0.15) is 12.0 Å². The number of rotatable bonds is 7. The first-order valence-electron chi connectivity index (χ1n) is 8.04. The van der Waals surface area contributed by atoms with Crippen LogP contribution in [0.3, 0.4) is 0 Å². The number of nitrogens with one attached hydrogen (secondary N) is 1. The van der Waals surface area contributed by atoms with E-state index in [1.807, 2.05) is 31.2 Å². The molecule has 0 aromatic heterocycles. The van der Waals surface area contributed by atoms with Crippen molar-refractivity contribution >= 4 is 39.4 Å². The molecule has 0 aliphatic carbocycles. The standard InChI is InChI=1S/C17H21BrN2O4/c1-2-3-7-14(17(23)24)19-15(21)13-8-9-20(16(13)22)12-6-4-5-11(18)10-12/h4-6,10,13-14H,2-3,7-9H2,1H3,(H,19,21)(H,23,24)/t13?,14-/m0/s1. The Hall–Kier alpha value is -1.89. The molecule has 2 N–H and O–H groups in total. The number of aliphatic carboxylic acids is 1. The summed E-state index contributed by atoms with van der Waals surface area (Å²) in [4.78, 5) is 37.7. The number of hydrogen-bond donors (Lipinski definition) is 2. The number of carbonyl (C=O) groups excluding carboxylic acids is 2. The molecule has 0 radical (unpaired) electrons. The third-order valence-electron chi connectivity index (χ3n) is 4.10. The largest absolute Gasteiger partial charge is 0.480 e. The summed E-state index contributed by atoms with van der Waals surface area (Å²) in [6.07, 6.45) is 2.31. The van der Waals surface area contributed by atoms with Gasteiger partial charge in [-0.3, -0.25) is 9.59 Å². The first kappa shape index (κ1) is 18.4. The highest BCUT2D eigenvalue weighted by Crippen LogP contribution is 2.27. The van der Waals surface area contributed by atoms with Crippen LogP contribution in [-0.2, 0) is 14.4 Å². The number of carboxylic acid groups (broad SMARTS) is 1. The number of nitrogens with zero attached hydrogens (tertiary/aromatic N) is 1. The van der Waals surface area contributed by atoms with E-state index in [9.17, 15) is 19.5 Å². The van der Waals surface area contributed by atoms with Gasteiger partial charge in [0, 0.05) is 16.7 Å². The van der Waals surface area contributed by atoms with Crippen molar-refractivity contribution in [2.24, 2.45) is 5.92 Å². The molecule has 0 saturated carbocycles. The molecular weight excluding hydrogens is 376 g/mol. The number of carboxylic acids is 1. The maximum Gasteiger partial charge on any atom is 0.326 e. The van der Waals surface area contributed by atoms with Gasteiger partial charge in [0.15, 0.2) is 0 Å². The van der Waals surface area contributed by atoms with Gasteiger partial charge in [-0.25, -0.2) is 4.79 Å². The number of anilines is 1. The highest BCUT2D eigenvalue weighted by molar-refractivity contribution is 9.10. The molecule has 1 heterocycles. The van der Waals surface area contributed by atoms with Gasteiger partial charge in [-0.05, 0) is 31.0 Å². The first-order valence-corrected chi connectivity index (χ1v) is 8.83. The molecule has 1 aliphatic heterocycles. The molecule has 24 heavy (non-hydrogen) atoms. The fourth-order valence-electron chi connectivity index (χ4n) is 2.76. The van der Waals surface area contributed by atoms with Gasteiger partial charge in [-0.1, -0.05) is 41.8 Å². The molecule has 0 bridgehead atoms. The van der Waals surface area contributed by atoms with Crippen LogP contribution in [0, 0.1) is 5.92 Å². The minimum atomic E-state index is -1.06. The third-order valence-corrected chi connectivity index (χ3v) is 4.60. The zero-order valence-electron chi connectivity index (χ0n) is 13.5. The molecule has 6 nitrogen and oxygen atoms in total. The second kappa shape index (κ2) is 8.28. The summed E-state index contributed by atoms with van der Waals surface area (Å²) in [5.74, 6) is -2.68. The predicted molar refractivity (Wildman–Crippen MR) is 93.7 cm³/mol. The Balaban J connectivity index is 2.03. The second-order valence-electron chi connectivity index (χ2n) is 5.85. The van der Waals surface area contributed by atoms with Gasteiger partial charge in [0.2, 0.25) is 11.8 Å². The van der Waals surface area contributed by atoms with E-state index in [1.54, 1.807) is 4.90 Å². The van der Waals surface area contributed by atoms with Crippen LogP contribution < -0.4 is 10.2 Å². The Morgan fingerprint density at radius 2 is 2.21 bits per heavy atom. The predicted octanol–water partition coefficient (Wildman–Crippen LogP) is 2.56. The van der Waals surface area contributed by atoms with Crippen LogP contribution in [0.5, 0.6) is 0 Å². The lowest BCUT2D eigenvalue weighted by Gasteiger charge is -2.18. The number of hydrogen-bond acceptors (Lipinski definition) is 3. The maximum atomic E-state index is 12.5. The smallest absolute Gasteiger partial charge is 0.326 e. The molecule has 2 rings (SSSR count). The fourth-order valence-corrected chi connectivity index (χ4v) is 3.15. The summed E-state index contributed by atoms with van der Waals surface area (Å²) in [5, 5.41) is 11.7. The number of unbranched alkanes of at least 4 members (excludes halogenated alkanes) is 1. The third kappa shape index (κ3) is 4.35. The van der Waals surface area contributed by atoms with E-state index in [0.29, 0.717) is 25.8 Å². The van der Waals surface area contributed by atoms with Crippen molar-refractivity contribution in [3.05, 3.63) is 28.7 Å². The number of carbonyl (C=O) groups is 3. The zero-order chi connectivity index (χ0) is 17.7. The lowest BCUT2D eigenvalue weighted by Crippen LogP contribution is -2.45.